The summed E-state index contributed by atoms with van der Waals surface area (Å²) < 4.78 is 19.1. The zero-order valence-corrected chi connectivity index (χ0v) is 18.9. The first kappa shape index (κ1) is 25.3. The molecule has 172 valence electrons. The highest BCUT2D eigenvalue weighted by atomic mass is 35.5. The molecule has 11 heteroatoms. The summed E-state index contributed by atoms with van der Waals surface area (Å²) in [4.78, 5) is 40.2. The van der Waals surface area contributed by atoms with Crippen molar-refractivity contribution in [1.82, 2.24) is 10.6 Å². The number of aromatic hydroxyl groups is 1. The van der Waals surface area contributed by atoms with Crippen LogP contribution >= 0.6 is 11.6 Å². The van der Waals surface area contributed by atoms with Gasteiger partial charge in [-0.2, -0.15) is 5.26 Å². The zero-order chi connectivity index (χ0) is 24.9. The predicted octanol–water partition coefficient (Wildman–Crippen LogP) is 3.88. The fourth-order valence-corrected chi connectivity index (χ4v) is 2.91. The van der Waals surface area contributed by atoms with E-state index < -0.39 is 46.6 Å². The van der Waals surface area contributed by atoms with Crippen molar-refractivity contribution in [2.45, 2.75) is 33.3 Å². The van der Waals surface area contributed by atoms with Crippen molar-refractivity contribution >= 4 is 35.5 Å². The molecule has 3 N–H and O–H groups in total. The summed E-state index contributed by atoms with van der Waals surface area (Å²) in [7, 11) is 0. The van der Waals surface area contributed by atoms with Crippen LogP contribution in [-0.4, -0.2) is 34.6 Å². The highest BCUT2D eigenvalue weighted by Crippen LogP contribution is 2.38. The minimum Gasteiger partial charge on any atom is -0.507 e. The molecule has 0 aliphatic carbocycles. The van der Waals surface area contributed by atoms with Gasteiger partial charge in [0.1, 0.15) is 17.2 Å². The van der Waals surface area contributed by atoms with Crippen LogP contribution in [0.15, 0.2) is 35.3 Å². The average Bonchev–Trinajstić information content (AvgIpc) is 2.67. The summed E-state index contributed by atoms with van der Waals surface area (Å²) >= 11 is 6.05. The molecule has 2 aromatic carbocycles. The van der Waals surface area contributed by atoms with Gasteiger partial charge in [0.05, 0.1) is 22.2 Å². The summed E-state index contributed by atoms with van der Waals surface area (Å²) in [6.45, 7) is 5.90. The van der Waals surface area contributed by atoms with Crippen molar-refractivity contribution in [2.75, 3.05) is 0 Å². The van der Waals surface area contributed by atoms with E-state index in [0.29, 0.717) is 0 Å². The van der Waals surface area contributed by atoms with Gasteiger partial charge in [-0.1, -0.05) is 23.7 Å². The maximum atomic E-state index is 14.1. The van der Waals surface area contributed by atoms with E-state index in [0.717, 1.165) is 19.1 Å². The van der Waals surface area contributed by atoms with Crippen LogP contribution in [0.25, 0.3) is 11.1 Å². The maximum absolute atomic E-state index is 14.1. The SMILES string of the molecule is CC(=O)NC(=NC(=O)OC(C)(C)C)NC(=O)c1c(O)ccc(C#N)c1-c1cccc(F)c1Cl. The Labute approximate surface area is 193 Å². The Kier molecular flexibility index (Phi) is 7.74. The van der Waals surface area contributed by atoms with Gasteiger partial charge in [-0.05, 0) is 39.0 Å². The molecule has 2 aromatic rings. The number of nitrogens with zero attached hydrogens (tertiary/aromatic N) is 2. The highest BCUT2D eigenvalue weighted by molar-refractivity contribution is 6.34. The number of hydrogen-bond acceptors (Lipinski definition) is 6. The Morgan fingerprint density at radius 1 is 1.18 bits per heavy atom. The molecular weight excluding hydrogens is 455 g/mol. The first-order valence-electron chi connectivity index (χ1n) is 9.45. The molecule has 9 nitrogen and oxygen atoms in total. The van der Waals surface area contributed by atoms with Gasteiger partial charge in [0.25, 0.3) is 5.91 Å². The molecule has 2 rings (SSSR count). The normalized spacial score (nSPS) is 11.4. The molecule has 0 saturated carbocycles. The fourth-order valence-electron chi connectivity index (χ4n) is 2.69. The second-order valence-electron chi connectivity index (χ2n) is 7.67. The summed E-state index contributed by atoms with van der Waals surface area (Å²) in [5, 5.41) is 23.9. The summed E-state index contributed by atoms with van der Waals surface area (Å²) in [6.07, 6.45) is -1.10. The maximum Gasteiger partial charge on any atom is 0.437 e. The second kappa shape index (κ2) is 10.1. The zero-order valence-electron chi connectivity index (χ0n) is 18.1. The minimum absolute atomic E-state index is 0.0283. The van der Waals surface area contributed by atoms with Crippen LogP contribution in [-0.2, 0) is 9.53 Å². The van der Waals surface area contributed by atoms with Gasteiger partial charge >= 0.3 is 6.09 Å². The third kappa shape index (κ3) is 6.51. The van der Waals surface area contributed by atoms with Gasteiger partial charge in [-0.15, -0.1) is 4.99 Å². The van der Waals surface area contributed by atoms with E-state index in [9.17, 15) is 29.1 Å². The number of ether oxygens (including phenoxy) is 1. The van der Waals surface area contributed by atoms with Crippen LogP contribution in [0.3, 0.4) is 0 Å². The summed E-state index contributed by atoms with van der Waals surface area (Å²) in [5.74, 6) is -3.68. The van der Waals surface area contributed by atoms with Crippen LogP contribution < -0.4 is 10.6 Å². The molecule has 0 aromatic heterocycles. The number of aliphatic imine (C=N–C) groups is 1. The van der Waals surface area contributed by atoms with Gasteiger partial charge < -0.3 is 9.84 Å². The first-order valence-corrected chi connectivity index (χ1v) is 9.83. The minimum atomic E-state index is -1.10. The third-order valence-corrected chi connectivity index (χ3v) is 4.26. The molecule has 0 fully saturated rings. The lowest BCUT2D eigenvalue weighted by molar-refractivity contribution is -0.117. The lowest BCUT2D eigenvalue weighted by Crippen LogP contribution is -2.44. The lowest BCUT2D eigenvalue weighted by atomic mass is 9.93. The first-order chi connectivity index (χ1) is 15.3. The Morgan fingerprint density at radius 3 is 2.42 bits per heavy atom. The van der Waals surface area contributed by atoms with Gasteiger partial charge in [-0.3, -0.25) is 20.2 Å². The Balaban J connectivity index is 2.60. The lowest BCUT2D eigenvalue weighted by Gasteiger charge is -2.18. The molecule has 0 bridgehead atoms. The Hall–Kier alpha value is -3.97. The van der Waals surface area contributed by atoms with E-state index in [4.69, 9.17) is 16.3 Å². The third-order valence-electron chi connectivity index (χ3n) is 3.87. The van der Waals surface area contributed by atoms with Crippen LogP contribution in [0.5, 0.6) is 5.75 Å². The van der Waals surface area contributed by atoms with E-state index in [1.807, 2.05) is 6.07 Å². The number of rotatable bonds is 2. The van der Waals surface area contributed by atoms with Crippen molar-refractivity contribution in [3.05, 3.63) is 52.3 Å². The molecule has 0 aliphatic rings. The molecular formula is C22H20ClFN4O5. The van der Waals surface area contributed by atoms with Crippen LogP contribution in [0.1, 0.15) is 43.6 Å². The number of phenolic OH excluding ortho intramolecular Hbond substituents is 1. The number of hydrogen-bond donors (Lipinski definition) is 3. The van der Waals surface area contributed by atoms with E-state index >= 15 is 0 Å². The van der Waals surface area contributed by atoms with E-state index in [1.165, 1.54) is 18.2 Å². The van der Waals surface area contributed by atoms with Crippen LogP contribution in [0.2, 0.25) is 5.02 Å². The van der Waals surface area contributed by atoms with Gasteiger partial charge in [0.2, 0.25) is 11.9 Å². The number of carbonyl (C=O) groups is 3. The summed E-state index contributed by atoms with van der Waals surface area (Å²) in [6, 6.07) is 7.94. The average molecular weight is 475 g/mol. The van der Waals surface area contributed by atoms with Crippen LogP contribution in [0.4, 0.5) is 9.18 Å². The van der Waals surface area contributed by atoms with Crippen molar-refractivity contribution < 1.29 is 28.6 Å². The smallest absolute Gasteiger partial charge is 0.437 e. The summed E-state index contributed by atoms with van der Waals surface area (Å²) in [5.41, 5.74) is -1.62. The van der Waals surface area contributed by atoms with E-state index in [2.05, 4.69) is 15.6 Å². The number of carbonyl (C=O) groups excluding carboxylic acids is 3. The number of phenols is 1. The number of halogens is 2. The topological polar surface area (TPSA) is 141 Å². The quantitative estimate of drug-likeness (QED) is 0.445. The molecule has 0 atom stereocenters. The highest BCUT2D eigenvalue weighted by Gasteiger charge is 2.25. The number of nitriles is 1. The van der Waals surface area contributed by atoms with Gasteiger partial charge in [0, 0.05) is 18.1 Å². The fraction of sp³-hybridized carbons (Fsp3) is 0.227. The molecule has 3 amide bonds. The van der Waals surface area contributed by atoms with Crippen molar-refractivity contribution in [2.24, 2.45) is 4.99 Å². The number of guanidine groups is 1. The Morgan fingerprint density at radius 2 is 1.85 bits per heavy atom. The van der Waals surface area contributed by atoms with Crippen molar-refractivity contribution in [3.8, 4) is 22.9 Å². The molecule has 0 saturated heterocycles. The number of nitrogens with one attached hydrogen (secondary N) is 2. The largest absolute Gasteiger partial charge is 0.507 e. The van der Waals surface area contributed by atoms with E-state index in [-0.39, 0.29) is 21.7 Å². The monoisotopic (exact) mass is 474 g/mol. The number of amides is 3. The van der Waals surface area contributed by atoms with E-state index in [1.54, 1.807) is 20.8 Å². The standard InChI is InChI=1S/C22H20ClFN4O5/c1-11(29)26-20(28-21(32)33-22(2,3)4)27-19(31)17-15(30)9-8-12(10-25)16(17)13-6-5-7-14(24)18(13)23/h5-9,30H,1-4H3,(H2,26,27,28,29,31,32). The molecule has 0 unspecified atom stereocenters. The molecule has 0 aliphatic heterocycles. The van der Waals surface area contributed by atoms with Crippen molar-refractivity contribution in [3.63, 3.8) is 0 Å². The number of benzene rings is 2. The Bertz CT molecular complexity index is 1200. The van der Waals surface area contributed by atoms with Crippen LogP contribution in [0, 0.1) is 17.1 Å². The van der Waals surface area contributed by atoms with Crippen molar-refractivity contribution in [1.29, 1.82) is 5.26 Å². The van der Waals surface area contributed by atoms with Gasteiger partial charge in [-0.25, -0.2) is 9.18 Å². The molecule has 0 radical (unpaired) electrons. The molecule has 0 heterocycles. The molecule has 0 spiro atoms. The molecule has 33 heavy (non-hydrogen) atoms. The predicted molar refractivity (Wildman–Crippen MR) is 118 cm³/mol. The second-order valence-corrected chi connectivity index (χ2v) is 8.05. The van der Waals surface area contributed by atoms with Gasteiger partial charge in [0.15, 0.2) is 0 Å².